The summed E-state index contributed by atoms with van der Waals surface area (Å²) in [5.41, 5.74) is 4.45. The Morgan fingerprint density at radius 3 is 2.79 bits per heavy atom. The van der Waals surface area contributed by atoms with Crippen molar-refractivity contribution < 1.29 is 14.3 Å². The van der Waals surface area contributed by atoms with Crippen LogP contribution in [0.1, 0.15) is 48.9 Å². The molecule has 1 atom stereocenters. The number of nitrogens with zero attached hydrogens (tertiary/aromatic N) is 1. The standard InChI is InChI=1S/C24H30N2O3/c1-3-18-8-4-7-17(2)24(18)25-23(27)16-26-12-5-9-20(26)19-10-11-21-22(15-19)29-14-6-13-28-21/h4,7-8,10-11,15,20H,3,5-6,9,12-14,16H2,1-2H3,(H,25,27)/t20-/m1/s1. The highest BCUT2D eigenvalue weighted by Gasteiger charge is 2.29. The van der Waals surface area contributed by atoms with Crippen molar-refractivity contribution in [1.82, 2.24) is 4.90 Å². The third kappa shape index (κ3) is 4.40. The Balaban J connectivity index is 1.47. The fraction of sp³-hybridized carbons (Fsp3) is 0.458. The number of nitrogens with one attached hydrogen (secondary N) is 1. The minimum Gasteiger partial charge on any atom is -0.490 e. The number of para-hydroxylation sites is 1. The van der Waals surface area contributed by atoms with Crippen molar-refractivity contribution in [1.29, 1.82) is 0 Å². The highest BCUT2D eigenvalue weighted by Crippen LogP contribution is 2.37. The van der Waals surface area contributed by atoms with E-state index in [4.69, 9.17) is 9.47 Å². The van der Waals surface area contributed by atoms with E-state index in [1.54, 1.807) is 0 Å². The summed E-state index contributed by atoms with van der Waals surface area (Å²) in [6.45, 7) is 6.87. The number of fused-ring (bicyclic) bond motifs is 1. The molecule has 1 N–H and O–H groups in total. The molecule has 0 spiro atoms. The second kappa shape index (κ2) is 8.87. The summed E-state index contributed by atoms with van der Waals surface area (Å²) < 4.78 is 11.6. The number of carbonyl (C=O) groups is 1. The Labute approximate surface area is 173 Å². The monoisotopic (exact) mass is 394 g/mol. The predicted octanol–water partition coefficient (Wildman–Crippen LogP) is 4.49. The summed E-state index contributed by atoms with van der Waals surface area (Å²) in [5.74, 6) is 1.69. The second-order valence-electron chi connectivity index (χ2n) is 7.90. The van der Waals surface area contributed by atoms with Crippen LogP contribution in [0.2, 0.25) is 0 Å². The highest BCUT2D eigenvalue weighted by atomic mass is 16.5. The van der Waals surface area contributed by atoms with Gasteiger partial charge in [0.1, 0.15) is 0 Å². The lowest BCUT2D eigenvalue weighted by Crippen LogP contribution is -2.33. The molecular weight excluding hydrogens is 364 g/mol. The van der Waals surface area contributed by atoms with Crippen molar-refractivity contribution in [2.75, 3.05) is 31.6 Å². The Morgan fingerprint density at radius 1 is 1.14 bits per heavy atom. The van der Waals surface area contributed by atoms with Gasteiger partial charge in [-0.15, -0.1) is 0 Å². The van der Waals surface area contributed by atoms with E-state index in [9.17, 15) is 4.79 Å². The van der Waals surface area contributed by atoms with Crippen LogP contribution in [0.5, 0.6) is 11.5 Å². The molecule has 0 radical (unpaired) electrons. The number of carbonyl (C=O) groups excluding carboxylic acids is 1. The molecule has 4 rings (SSSR count). The average molecular weight is 395 g/mol. The van der Waals surface area contributed by atoms with Crippen LogP contribution in [0, 0.1) is 6.92 Å². The summed E-state index contributed by atoms with van der Waals surface area (Å²) in [5, 5.41) is 3.16. The number of likely N-dealkylation sites (tertiary alicyclic amines) is 1. The number of hydrogen-bond donors (Lipinski definition) is 1. The molecule has 154 valence electrons. The number of hydrogen-bond acceptors (Lipinski definition) is 4. The van der Waals surface area contributed by atoms with Gasteiger partial charge in [0.2, 0.25) is 5.91 Å². The van der Waals surface area contributed by atoms with Crippen LogP contribution in [-0.4, -0.2) is 37.1 Å². The number of ether oxygens (including phenoxy) is 2. The number of anilines is 1. The molecule has 0 aliphatic carbocycles. The molecule has 5 heteroatoms. The lowest BCUT2D eigenvalue weighted by molar-refractivity contribution is -0.117. The molecule has 2 aliphatic rings. The zero-order valence-corrected chi connectivity index (χ0v) is 17.4. The molecule has 2 aliphatic heterocycles. The topological polar surface area (TPSA) is 50.8 Å². The normalized spacial score (nSPS) is 19.0. The maximum Gasteiger partial charge on any atom is 0.238 e. The number of benzene rings is 2. The third-order valence-electron chi connectivity index (χ3n) is 5.87. The SMILES string of the molecule is CCc1cccc(C)c1NC(=O)CN1CCC[C@@H]1c1ccc2c(c1)OCCCO2. The fourth-order valence-corrected chi connectivity index (χ4v) is 4.35. The van der Waals surface area contributed by atoms with Crippen LogP contribution in [-0.2, 0) is 11.2 Å². The maximum absolute atomic E-state index is 12.8. The lowest BCUT2D eigenvalue weighted by atomic mass is 10.0. The molecule has 2 aromatic rings. The zero-order valence-electron chi connectivity index (χ0n) is 17.4. The fourth-order valence-electron chi connectivity index (χ4n) is 4.35. The average Bonchev–Trinajstić information content (AvgIpc) is 3.04. The van der Waals surface area contributed by atoms with E-state index in [2.05, 4.69) is 35.3 Å². The van der Waals surface area contributed by atoms with E-state index >= 15 is 0 Å². The minimum absolute atomic E-state index is 0.0512. The predicted molar refractivity (Wildman–Crippen MR) is 115 cm³/mol. The first-order valence-electron chi connectivity index (χ1n) is 10.7. The van der Waals surface area contributed by atoms with E-state index in [0.29, 0.717) is 19.8 Å². The molecular formula is C24H30N2O3. The quantitative estimate of drug-likeness (QED) is 0.812. The van der Waals surface area contributed by atoms with Crippen molar-refractivity contribution in [3.05, 3.63) is 53.1 Å². The van der Waals surface area contributed by atoms with Crippen LogP contribution < -0.4 is 14.8 Å². The molecule has 0 saturated carbocycles. The van der Waals surface area contributed by atoms with Gasteiger partial charge in [0, 0.05) is 18.2 Å². The lowest BCUT2D eigenvalue weighted by Gasteiger charge is -2.25. The van der Waals surface area contributed by atoms with Crippen molar-refractivity contribution in [2.45, 2.75) is 45.6 Å². The summed E-state index contributed by atoms with van der Waals surface area (Å²) >= 11 is 0. The summed E-state index contributed by atoms with van der Waals surface area (Å²) in [4.78, 5) is 15.1. The molecule has 1 fully saturated rings. The molecule has 2 aromatic carbocycles. The van der Waals surface area contributed by atoms with Gasteiger partial charge in [-0.2, -0.15) is 0 Å². The van der Waals surface area contributed by atoms with Crippen LogP contribution in [0.4, 0.5) is 5.69 Å². The van der Waals surface area contributed by atoms with Crippen molar-refractivity contribution >= 4 is 11.6 Å². The van der Waals surface area contributed by atoms with Crippen LogP contribution in [0.3, 0.4) is 0 Å². The van der Waals surface area contributed by atoms with Gasteiger partial charge in [-0.05, 0) is 61.6 Å². The van der Waals surface area contributed by atoms with Crippen molar-refractivity contribution in [3.63, 3.8) is 0 Å². The molecule has 1 amide bonds. The van der Waals surface area contributed by atoms with Crippen LogP contribution in [0.15, 0.2) is 36.4 Å². The Hall–Kier alpha value is -2.53. The van der Waals surface area contributed by atoms with E-state index < -0.39 is 0 Å². The summed E-state index contributed by atoms with van der Waals surface area (Å²) in [6.07, 6.45) is 3.95. The van der Waals surface area contributed by atoms with Gasteiger partial charge in [-0.1, -0.05) is 31.2 Å². The van der Waals surface area contributed by atoms with Gasteiger partial charge in [-0.3, -0.25) is 9.69 Å². The van der Waals surface area contributed by atoms with Crippen molar-refractivity contribution in [3.8, 4) is 11.5 Å². The summed E-state index contributed by atoms with van der Waals surface area (Å²) in [6, 6.07) is 12.6. The maximum atomic E-state index is 12.8. The van der Waals surface area contributed by atoms with E-state index in [1.165, 1.54) is 11.1 Å². The molecule has 1 saturated heterocycles. The Kier molecular flexibility index (Phi) is 6.05. The number of rotatable bonds is 5. The minimum atomic E-state index is 0.0512. The number of aryl methyl sites for hydroxylation is 2. The Bertz CT molecular complexity index is 880. The molecule has 0 aromatic heterocycles. The van der Waals surface area contributed by atoms with Crippen LogP contribution in [0.25, 0.3) is 0 Å². The van der Waals surface area contributed by atoms with Gasteiger partial charge in [0.15, 0.2) is 11.5 Å². The first kappa shape index (κ1) is 19.8. The molecule has 0 unspecified atom stereocenters. The van der Waals surface area contributed by atoms with Gasteiger partial charge >= 0.3 is 0 Å². The zero-order chi connectivity index (χ0) is 20.2. The van der Waals surface area contributed by atoms with E-state index in [0.717, 1.165) is 55.0 Å². The van der Waals surface area contributed by atoms with Gasteiger partial charge < -0.3 is 14.8 Å². The van der Waals surface area contributed by atoms with Gasteiger partial charge in [0.25, 0.3) is 0 Å². The van der Waals surface area contributed by atoms with Crippen LogP contribution >= 0.6 is 0 Å². The second-order valence-corrected chi connectivity index (χ2v) is 7.90. The Morgan fingerprint density at radius 2 is 1.97 bits per heavy atom. The highest BCUT2D eigenvalue weighted by molar-refractivity contribution is 5.93. The molecule has 2 heterocycles. The van der Waals surface area contributed by atoms with Crippen molar-refractivity contribution in [2.24, 2.45) is 0 Å². The van der Waals surface area contributed by atoms with E-state index in [1.807, 2.05) is 25.1 Å². The van der Waals surface area contributed by atoms with E-state index in [-0.39, 0.29) is 11.9 Å². The molecule has 0 bridgehead atoms. The smallest absolute Gasteiger partial charge is 0.238 e. The molecule has 5 nitrogen and oxygen atoms in total. The molecule has 29 heavy (non-hydrogen) atoms. The van der Waals surface area contributed by atoms with Gasteiger partial charge in [0.05, 0.1) is 19.8 Å². The summed E-state index contributed by atoms with van der Waals surface area (Å²) in [7, 11) is 0. The van der Waals surface area contributed by atoms with Gasteiger partial charge in [-0.25, -0.2) is 0 Å². The third-order valence-corrected chi connectivity index (χ3v) is 5.87. The largest absolute Gasteiger partial charge is 0.490 e. The first-order chi connectivity index (χ1) is 14.2. The first-order valence-corrected chi connectivity index (χ1v) is 10.7. The number of amides is 1.